The molecule has 0 aliphatic carbocycles. The number of rotatable bonds is 7. The molecule has 1 amide bonds. The van der Waals surface area contributed by atoms with E-state index < -0.39 is 11.4 Å². The standard InChI is InChI=1S/C21H23F3N2O3S/c1-28-16-8-6-15(7-9-16)18(26-10-12-29-13-11-26)14-25-20(27)17-4-2-3-5-19(17)30-21(22,23)24/h2-9,18H,10-14H2,1H3,(H,25,27). The zero-order chi connectivity index (χ0) is 21.6. The number of alkyl halides is 3. The lowest BCUT2D eigenvalue weighted by atomic mass is 10.0. The number of amides is 1. The van der Waals surface area contributed by atoms with Gasteiger partial charge in [-0.3, -0.25) is 9.69 Å². The second-order valence-corrected chi connectivity index (χ2v) is 7.80. The molecule has 1 heterocycles. The van der Waals surface area contributed by atoms with Crippen LogP contribution in [0.15, 0.2) is 53.4 Å². The molecule has 0 bridgehead atoms. The van der Waals surface area contributed by atoms with Crippen LogP contribution in [0, 0.1) is 0 Å². The maximum absolute atomic E-state index is 12.8. The first-order valence-electron chi connectivity index (χ1n) is 9.46. The predicted molar refractivity (Wildman–Crippen MR) is 109 cm³/mol. The van der Waals surface area contributed by atoms with E-state index >= 15 is 0 Å². The first kappa shape index (κ1) is 22.5. The van der Waals surface area contributed by atoms with Crippen molar-refractivity contribution in [3.05, 3.63) is 59.7 Å². The number of thioether (sulfide) groups is 1. The quantitative estimate of drug-likeness (QED) is 0.657. The number of carbonyl (C=O) groups is 1. The Morgan fingerprint density at radius 2 is 1.83 bits per heavy atom. The Hall–Kier alpha value is -2.23. The van der Waals surface area contributed by atoms with Gasteiger partial charge >= 0.3 is 5.51 Å². The highest BCUT2D eigenvalue weighted by atomic mass is 32.2. The fourth-order valence-electron chi connectivity index (χ4n) is 3.33. The number of morpholine rings is 1. The summed E-state index contributed by atoms with van der Waals surface area (Å²) in [5.41, 5.74) is -3.47. The summed E-state index contributed by atoms with van der Waals surface area (Å²) < 4.78 is 49.1. The highest BCUT2D eigenvalue weighted by Crippen LogP contribution is 2.38. The first-order chi connectivity index (χ1) is 14.4. The van der Waals surface area contributed by atoms with Crippen molar-refractivity contribution in [2.24, 2.45) is 0 Å². The maximum Gasteiger partial charge on any atom is 0.446 e. The van der Waals surface area contributed by atoms with E-state index in [0.29, 0.717) is 26.3 Å². The topological polar surface area (TPSA) is 50.8 Å². The summed E-state index contributed by atoms with van der Waals surface area (Å²) in [6.45, 7) is 2.84. The molecule has 0 aromatic heterocycles. The normalized spacial score (nSPS) is 16.1. The van der Waals surface area contributed by atoms with Crippen LogP contribution in [-0.2, 0) is 4.74 Å². The van der Waals surface area contributed by atoms with Gasteiger partial charge in [-0.15, -0.1) is 0 Å². The molecule has 30 heavy (non-hydrogen) atoms. The number of benzene rings is 2. The van der Waals surface area contributed by atoms with E-state index in [9.17, 15) is 18.0 Å². The second kappa shape index (κ2) is 10.2. The van der Waals surface area contributed by atoms with Crippen molar-refractivity contribution < 1.29 is 27.4 Å². The fraction of sp³-hybridized carbons (Fsp3) is 0.381. The molecule has 2 aromatic rings. The van der Waals surface area contributed by atoms with Crippen LogP contribution in [0.2, 0.25) is 0 Å². The van der Waals surface area contributed by atoms with Crippen LogP contribution in [-0.4, -0.2) is 56.3 Å². The molecule has 1 unspecified atom stereocenters. The van der Waals surface area contributed by atoms with E-state index in [1.165, 1.54) is 18.2 Å². The number of methoxy groups -OCH3 is 1. The molecule has 1 atom stereocenters. The molecule has 0 spiro atoms. The summed E-state index contributed by atoms with van der Waals surface area (Å²) in [4.78, 5) is 14.8. The SMILES string of the molecule is COc1ccc(C(CNC(=O)c2ccccc2SC(F)(F)F)N2CCOCC2)cc1. The van der Waals surface area contributed by atoms with Gasteiger partial charge in [0.15, 0.2) is 0 Å². The number of carbonyl (C=O) groups excluding carboxylic acids is 1. The van der Waals surface area contributed by atoms with Gasteiger partial charge in [0.25, 0.3) is 5.91 Å². The second-order valence-electron chi connectivity index (χ2n) is 6.69. The summed E-state index contributed by atoms with van der Waals surface area (Å²) in [5, 5.41) is 2.82. The van der Waals surface area contributed by atoms with Crippen molar-refractivity contribution in [3.63, 3.8) is 0 Å². The Kier molecular flexibility index (Phi) is 7.63. The lowest BCUT2D eigenvalue weighted by Gasteiger charge is -2.35. The van der Waals surface area contributed by atoms with E-state index in [0.717, 1.165) is 11.3 Å². The van der Waals surface area contributed by atoms with Crippen LogP contribution in [0.3, 0.4) is 0 Å². The van der Waals surface area contributed by atoms with E-state index in [-0.39, 0.29) is 34.8 Å². The van der Waals surface area contributed by atoms with Gasteiger partial charge in [-0.25, -0.2) is 0 Å². The number of nitrogens with one attached hydrogen (secondary N) is 1. The highest BCUT2D eigenvalue weighted by molar-refractivity contribution is 8.00. The summed E-state index contributed by atoms with van der Waals surface area (Å²) in [7, 11) is 1.59. The summed E-state index contributed by atoms with van der Waals surface area (Å²) in [6, 6.07) is 13.2. The van der Waals surface area contributed by atoms with Crippen LogP contribution in [0.25, 0.3) is 0 Å². The molecule has 0 saturated carbocycles. The van der Waals surface area contributed by atoms with Gasteiger partial charge in [-0.1, -0.05) is 24.3 Å². The Bertz CT molecular complexity index is 840. The van der Waals surface area contributed by atoms with Crippen LogP contribution in [0.1, 0.15) is 22.0 Å². The molecule has 1 aliphatic rings. The molecule has 5 nitrogen and oxygen atoms in total. The smallest absolute Gasteiger partial charge is 0.446 e. The van der Waals surface area contributed by atoms with Crippen molar-refractivity contribution >= 4 is 17.7 Å². The third kappa shape index (κ3) is 6.13. The van der Waals surface area contributed by atoms with Crippen LogP contribution >= 0.6 is 11.8 Å². The lowest BCUT2D eigenvalue weighted by Crippen LogP contribution is -2.43. The van der Waals surface area contributed by atoms with Crippen molar-refractivity contribution in [1.29, 1.82) is 0 Å². The van der Waals surface area contributed by atoms with Gasteiger partial charge in [0, 0.05) is 24.5 Å². The van der Waals surface area contributed by atoms with E-state index in [2.05, 4.69) is 10.2 Å². The van der Waals surface area contributed by atoms with Gasteiger partial charge in [0.1, 0.15) is 5.75 Å². The average molecular weight is 440 g/mol. The molecule has 9 heteroatoms. The Morgan fingerprint density at radius 3 is 2.47 bits per heavy atom. The number of halogens is 3. The zero-order valence-corrected chi connectivity index (χ0v) is 17.3. The van der Waals surface area contributed by atoms with Crippen LogP contribution in [0.5, 0.6) is 5.75 Å². The summed E-state index contributed by atoms with van der Waals surface area (Å²) in [6.07, 6.45) is 0. The van der Waals surface area contributed by atoms with Crippen molar-refractivity contribution in [2.45, 2.75) is 16.4 Å². The van der Waals surface area contributed by atoms with Gasteiger partial charge in [0.05, 0.1) is 31.9 Å². The molecular weight excluding hydrogens is 417 g/mol. The van der Waals surface area contributed by atoms with Gasteiger partial charge in [-0.05, 0) is 41.6 Å². The highest BCUT2D eigenvalue weighted by Gasteiger charge is 2.31. The van der Waals surface area contributed by atoms with Crippen molar-refractivity contribution in [1.82, 2.24) is 10.2 Å². The third-order valence-electron chi connectivity index (χ3n) is 4.80. The molecule has 162 valence electrons. The maximum atomic E-state index is 12.8. The van der Waals surface area contributed by atoms with Crippen LogP contribution < -0.4 is 10.1 Å². The number of hydrogen-bond acceptors (Lipinski definition) is 5. The molecule has 0 radical (unpaired) electrons. The lowest BCUT2D eigenvalue weighted by molar-refractivity contribution is -0.0328. The van der Waals surface area contributed by atoms with Crippen LogP contribution in [0.4, 0.5) is 13.2 Å². The Labute approximate surface area is 177 Å². The minimum absolute atomic E-state index is 0.00952. The molecule has 3 rings (SSSR count). The Morgan fingerprint density at radius 1 is 1.17 bits per heavy atom. The molecule has 1 aliphatic heterocycles. The fourth-order valence-corrected chi connectivity index (χ4v) is 3.99. The minimum Gasteiger partial charge on any atom is -0.497 e. The van der Waals surface area contributed by atoms with E-state index in [1.54, 1.807) is 13.2 Å². The van der Waals surface area contributed by atoms with Gasteiger partial charge in [-0.2, -0.15) is 13.2 Å². The molecule has 1 fully saturated rings. The van der Waals surface area contributed by atoms with Gasteiger partial charge < -0.3 is 14.8 Å². The largest absolute Gasteiger partial charge is 0.497 e. The minimum atomic E-state index is -4.46. The van der Waals surface area contributed by atoms with E-state index in [4.69, 9.17) is 9.47 Å². The summed E-state index contributed by atoms with van der Waals surface area (Å²) in [5.74, 6) is 0.190. The number of nitrogens with zero attached hydrogens (tertiary/aromatic N) is 1. The average Bonchev–Trinajstić information content (AvgIpc) is 2.74. The van der Waals surface area contributed by atoms with E-state index in [1.807, 2.05) is 24.3 Å². The summed E-state index contributed by atoms with van der Waals surface area (Å²) >= 11 is -0.283. The monoisotopic (exact) mass is 440 g/mol. The van der Waals surface area contributed by atoms with Crippen molar-refractivity contribution in [2.75, 3.05) is 40.0 Å². The number of hydrogen-bond donors (Lipinski definition) is 1. The Balaban J connectivity index is 1.76. The first-order valence-corrected chi connectivity index (χ1v) is 10.3. The molecular formula is C21H23F3N2O3S. The zero-order valence-electron chi connectivity index (χ0n) is 16.4. The third-order valence-corrected chi connectivity index (χ3v) is 5.61. The molecule has 2 aromatic carbocycles. The van der Waals surface area contributed by atoms with Crippen molar-refractivity contribution in [3.8, 4) is 5.75 Å². The van der Waals surface area contributed by atoms with Gasteiger partial charge in [0.2, 0.25) is 0 Å². The molecule has 1 saturated heterocycles. The number of ether oxygens (including phenoxy) is 2. The molecule has 1 N–H and O–H groups in total. The predicted octanol–water partition coefficient (Wildman–Crippen LogP) is 4.11.